The van der Waals surface area contributed by atoms with Gasteiger partial charge in [0, 0.05) is 40.8 Å². The highest BCUT2D eigenvalue weighted by molar-refractivity contribution is 6.00. The third-order valence-corrected chi connectivity index (χ3v) is 4.72. The Bertz CT molecular complexity index is 1100. The van der Waals surface area contributed by atoms with Crippen LogP contribution in [0.2, 0.25) is 0 Å². The SMILES string of the molecule is Cc1cc(C(=O)COC(=O)c2cc[n+]([O-])cc2)c(C)n1-c1ccc2c(c1)OCO2. The predicted octanol–water partition coefficient (Wildman–Crippen LogP) is 2.50. The van der Waals surface area contributed by atoms with Gasteiger partial charge in [-0.3, -0.25) is 4.79 Å². The summed E-state index contributed by atoms with van der Waals surface area (Å²) in [5.74, 6) is 0.360. The molecule has 0 saturated carbocycles. The second-order valence-corrected chi connectivity index (χ2v) is 6.60. The summed E-state index contributed by atoms with van der Waals surface area (Å²) >= 11 is 0. The zero-order chi connectivity index (χ0) is 20.5. The number of nitrogens with zero attached hydrogens (tertiary/aromatic N) is 2. The number of fused-ring (bicyclic) bond motifs is 1. The van der Waals surface area contributed by atoms with Crippen LogP contribution in [0.15, 0.2) is 48.8 Å². The van der Waals surface area contributed by atoms with Gasteiger partial charge in [0.25, 0.3) is 0 Å². The summed E-state index contributed by atoms with van der Waals surface area (Å²) in [6.07, 6.45) is 2.38. The lowest BCUT2D eigenvalue weighted by Crippen LogP contribution is -2.24. The molecule has 0 N–H and O–H groups in total. The summed E-state index contributed by atoms with van der Waals surface area (Å²) in [6, 6.07) is 10.0. The topological polar surface area (TPSA) is 93.7 Å². The molecule has 4 rings (SSSR count). The number of esters is 1. The monoisotopic (exact) mass is 394 g/mol. The number of rotatable bonds is 5. The lowest BCUT2D eigenvalue weighted by atomic mass is 10.1. The Labute approximate surface area is 166 Å². The Hall–Kier alpha value is -3.81. The molecule has 0 saturated heterocycles. The van der Waals surface area contributed by atoms with E-state index < -0.39 is 12.6 Å². The molecule has 0 radical (unpaired) electrons. The predicted molar refractivity (Wildman–Crippen MR) is 101 cm³/mol. The Morgan fingerprint density at radius 3 is 2.59 bits per heavy atom. The van der Waals surface area contributed by atoms with E-state index in [0.29, 0.717) is 21.8 Å². The number of hydrogen-bond donors (Lipinski definition) is 0. The number of benzene rings is 1. The first-order chi connectivity index (χ1) is 13.9. The smallest absolute Gasteiger partial charge is 0.339 e. The molecule has 1 aliphatic heterocycles. The van der Waals surface area contributed by atoms with Crippen molar-refractivity contribution in [3.05, 3.63) is 76.5 Å². The number of aryl methyl sites for hydroxylation is 1. The van der Waals surface area contributed by atoms with E-state index in [1.807, 2.05) is 36.6 Å². The summed E-state index contributed by atoms with van der Waals surface area (Å²) in [7, 11) is 0. The van der Waals surface area contributed by atoms with E-state index in [2.05, 4.69) is 0 Å². The highest BCUT2D eigenvalue weighted by atomic mass is 16.7. The lowest BCUT2D eigenvalue weighted by molar-refractivity contribution is -0.605. The zero-order valence-corrected chi connectivity index (χ0v) is 15.9. The summed E-state index contributed by atoms with van der Waals surface area (Å²) in [5.41, 5.74) is 3.11. The molecule has 0 bridgehead atoms. The van der Waals surface area contributed by atoms with Crippen LogP contribution in [0.4, 0.5) is 0 Å². The van der Waals surface area contributed by atoms with Gasteiger partial charge in [-0.05, 0) is 32.0 Å². The van der Waals surface area contributed by atoms with Gasteiger partial charge in [0.15, 0.2) is 30.5 Å². The molecule has 0 atom stereocenters. The van der Waals surface area contributed by atoms with Crippen LogP contribution in [0.25, 0.3) is 5.69 Å². The standard InChI is InChI=1S/C21H18N2O6/c1-13-9-17(18(24)11-27-21(25)15-5-7-22(26)8-6-15)14(2)23(13)16-3-4-19-20(10-16)29-12-28-19/h3-10H,11-12H2,1-2H3. The third-order valence-electron chi connectivity index (χ3n) is 4.72. The molecular formula is C21H18N2O6. The van der Waals surface area contributed by atoms with E-state index >= 15 is 0 Å². The molecule has 0 spiro atoms. The molecule has 1 aromatic carbocycles. The molecule has 0 aliphatic carbocycles. The third kappa shape index (κ3) is 3.52. The van der Waals surface area contributed by atoms with Crippen LogP contribution in [0, 0.1) is 19.1 Å². The number of pyridine rings is 1. The molecule has 8 nitrogen and oxygen atoms in total. The second kappa shape index (κ2) is 7.31. The average Bonchev–Trinajstić information content (AvgIpc) is 3.29. The highest BCUT2D eigenvalue weighted by Crippen LogP contribution is 2.34. The van der Waals surface area contributed by atoms with Gasteiger partial charge in [0.05, 0.1) is 5.56 Å². The Kier molecular flexibility index (Phi) is 4.67. The van der Waals surface area contributed by atoms with Crippen molar-refractivity contribution in [1.29, 1.82) is 0 Å². The Morgan fingerprint density at radius 2 is 1.83 bits per heavy atom. The molecule has 8 heteroatoms. The fourth-order valence-corrected chi connectivity index (χ4v) is 3.31. The molecule has 0 fully saturated rings. The van der Waals surface area contributed by atoms with Crippen LogP contribution >= 0.6 is 0 Å². The Morgan fingerprint density at radius 1 is 1.10 bits per heavy atom. The van der Waals surface area contributed by atoms with Gasteiger partial charge in [-0.25, -0.2) is 4.79 Å². The van der Waals surface area contributed by atoms with E-state index in [9.17, 15) is 14.8 Å². The van der Waals surface area contributed by atoms with Gasteiger partial charge in [-0.15, -0.1) is 0 Å². The number of aromatic nitrogens is 2. The van der Waals surface area contributed by atoms with Crippen LogP contribution in [0.5, 0.6) is 11.5 Å². The van der Waals surface area contributed by atoms with Gasteiger partial charge < -0.3 is 24.0 Å². The van der Waals surface area contributed by atoms with E-state index in [-0.39, 0.29) is 18.1 Å². The van der Waals surface area contributed by atoms with Crippen LogP contribution in [0.1, 0.15) is 32.1 Å². The number of Topliss-reactive ketones (excluding diaryl/α,β-unsaturated/α-hetero) is 1. The molecule has 3 heterocycles. The minimum atomic E-state index is -0.663. The quantitative estimate of drug-likeness (QED) is 0.286. The van der Waals surface area contributed by atoms with Crippen LogP contribution in [-0.4, -0.2) is 29.7 Å². The molecule has 0 unspecified atom stereocenters. The van der Waals surface area contributed by atoms with Crippen molar-refractivity contribution < 1.29 is 28.5 Å². The maximum atomic E-state index is 12.7. The number of ether oxygens (including phenoxy) is 3. The molecule has 1 aliphatic rings. The minimum absolute atomic E-state index is 0.188. The number of hydrogen-bond acceptors (Lipinski definition) is 6. The highest BCUT2D eigenvalue weighted by Gasteiger charge is 2.20. The van der Waals surface area contributed by atoms with Crippen LogP contribution in [0.3, 0.4) is 0 Å². The van der Waals surface area contributed by atoms with Crippen molar-refractivity contribution in [2.45, 2.75) is 13.8 Å². The second-order valence-electron chi connectivity index (χ2n) is 6.60. The van der Waals surface area contributed by atoms with Crippen molar-refractivity contribution in [3.8, 4) is 17.2 Å². The lowest BCUT2D eigenvalue weighted by Gasteiger charge is -2.11. The molecule has 148 valence electrons. The average molecular weight is 394 g/mol. The summed E-state index contributed by atoms with van der Waals surface area (Å²) in [5, 5.41) is 11.0. The normalized spacial score (nSPS) is 12.1. The fraction of sp³-hybridized carbons (Fsp3) is 0.190. The number of carbonyl (C=O) groups is 2. The van der Waals surface area contributed by atoms with Crippen LogP contribution < -0.4 is 14.2 Å². The van der Waals surface area contributed by atoms with Gasteiger partial charge in [0.2, 0.25) is 12.6 Å². The van der Waals surface area contributed by atoms with Gasteiger partial charge in [0.1, 0.15) is 0 Å². The van der Waals surface area contributed by atoms with Crippen molar-refractivity contribution in [2.24, 2.45) is 0 Å². The summed E-state index contributed by atoms with van der Waals surface area (Å²) in [6.45, 7) is 3.52. The van der Waals surface area contributed by atoms with Crippen molar-refractivity contribution >= 4 is 11.8 Å². The van der Waals surface area contributed by atoms with E-state index in [4.69, 9.17) is 14.2 Å². The minimum Gasteiger partial charge on any atom is -0.619 e. The molecular weight excluding hydrogens is 376 g/mol. The Balaban J connectivity index is 1.52. The first-order valence-electron chi connectivity index (χ1n) is 8.92. The fourth-order valence-electron chi connectivity index (χ4n) is 3.31. The number of carbonyl (C=O) groups excluding carboxylic acids is 2. The molecule has 3 aromatic rings. The first kappa shape index (κ1) is 18.5. The van der Waals surface area contributed by atoms with Gasteiger partial charge in [-0.2, -0.15) is 4.73 Å². The maximum Gasteiger partial charge on any atom is 0.339 e. The maximum absolute atomic E-state index is 12.7. The van der Waals surface area contributed by atoms with Crippen molar-refractivity contribution in [2.75, 3.05) is 13.4 Å². The number of ketones is 1. The zero-order valence-electron chi connectivity index (χ0n) is 15.9. The van der Waals surface area contributed by atoms with Gasteiger partial charge in [-0.1, -0.05) is 0 Å². The summed E-state index contributed by atoms with van der Waals surface area (Å²) in [4.78, 5) is 24.7. The van der Waals surface area contributed by atoms with Crippen molar-refractivity contribution in [3.63, 3.8) is 0 Å². The van der Waals surface area contributed by atoms with Gasteiger partial charge >= 0.3 is 5.97 Å². The molecule has 2 aromatic heterocycles. The summed E-state index contributed by atoms with van der Waals surface area (Å²) < 4.78 is 18.4. The van der Waals surface area contributed by atoms with Crippen LogP contribution in [-0.2, 0) is 4.74 Å². The first-order valence-corrected chi connectivity index (χ1v) is 8.92. The molecule has 0 amide bonds. The van der Waals surface area contributed by atoms with E-state index in [0.717, 1.165) is 17.1 Å². The van der Waals surface area contributed by atoms with E-state index in [1.54, 1.807) is 6.07 Å². The molecule has 29 heavy (non-hydrogen) atoms. The largest absolute Gasteiger partial charge is 0.619 e. The van der Waals surface area contributed by atoms with E-state index in [1.165, 1.54) is 24.5 Å². The van der Waals surface area contributed by atoms with Crippen molar-refractivity contribution in [1.82, 2.24) is 4.57 Å².